The van der Waals surface area contributed by atoms with E-state index in [2.05, 4.69) is 10.1 Å². The summed E-state index contributed by atoms with van der Waals surface area (Å²) >= 11 is 0. The highest BCUT2D eigenvalue weighted by Crippen LogP contribution is 2.20. The number of nitrogens with two attached hydrogens (primary N) is 1. The molecule has 1 atom stereocenters. The van der Waals surface area contributed by atoms with Crippen LogP contribution in [0.3, 0.4) is 0 Å². The van der Waals surface area contributed by atoms with E-state index in [4.69, 9.17) is 10.9 Å². The molecular formula is C12H15FN4O2. The van der Waals surface area contributed by atoms with E-state index in [1.165, 1.54) is 11.1 Å². The third-order valence-corrected chi connectivity index (χ3v) is 3.17. The van der Waals surface area contributed by atoms with E-state index in [9.17, 15) is 9.18 Å². The van der Waals surface area contributed by atoms with Crippen molar-refractivity contribution in [3.05, 3.63) is 29.8 Å². The molecule has 1 aromatic rings. The fourth-order valence-electron chi connectivity index (χ4n) is 2.24. The van der Waals surface area contributed by atoms with Crippen LogP contribution >= 0.6 is 0 Å². The van der Waals surface area contributed by atoms with Gasteiger partial charge < -0.3 is 15.8 Å². The van der Waals surface area contributed by atoms with Crippen molar-refractivity contribution >= 4 is 11.7 Å². The molecule has 0 spiro atoms. The summed E-state index contributed by atoms with van der Waals surface area (Å²) in [5.41, 5.74) is 5.76. The minimum absolute atomic E-state index is 0.00240. The van der Waals surface area contributed by atoms with Crippen molar-refractivity contribution in [1.82, 2.24) is 9.88 Å². The van der Waals surface area contributed by atoms with Gasteiger partial charge in [-0.15, -0.1) is 0 Å². The molecule has 102 valence electrons. The standard InChI is InChI=1S/C12H15FN4O2/c13-9-5-8(6-15-7-9)12(18)17-4-2-1-3-10(17)11(14)16-19/h5-7,10,19H,1-4H2,(H2,14,16). The molecule has 1 unspecified atom stereocenters. The van der Waals surface area contributed by atoms with Crippen molar-refractivity contribution < 1.29 is 14.4 Å². The Morgan fingerprint density at radius 3 is 3.00 bits per heavy atom. The number of oxime groups is 1. The van der Waals surface area contributed by atoms with Gasteiger partial charge in [-0.25, -0.2) is 4.39 Å². The summed E-state index contributed by atoms with van der Waals surface area (Å²) < 4.78 is 13.1. The van der Waals surface area contributed by atoms with Gasteiger partial charge in [0.1, 0.15) is 5.82 Å². The predicted molar refractivity (Wildman–Crippen MR) is 66.3 cm³/mol. The van der Waals surface area contributed by atoms with Crippen LogP contribution in [0, 0.1) is 5.82 Å². The first-order valence-corrected chi connectivity index (χ1v) is 6.02. The summed E-state index contributed by atoms with van der Waals surface area (Å²) in [6.45, 7) is 0.496. The minimum atomic E-state index is -0.566. The number of carbonyl (C=O) groups excluding carboxylic acids is 1. The van der Waals surface area contributed by atoms with E-state index >= 15 is 0 Å². The molecule has 6 nitrogen and oxygen atoms in total. The highest BCUT2D eigenvalue weighted by atomic mass is 19.1. The fraction of sp³-hybridized carbons (Fsp3) is 0.417. The molecule has 7 heteroatoms. The number of hydrogen-bond acceptors (Lipinski definition) is 4. The number of halogens is 1. The quantitative estimate of drug-likeness (QED) is 0.361. The lowest BCUT2D eigenvalue weighted by Gasteiger charge is -2.34. The lowest BCUT2D eigenvalue weighted by Crippen LogP contribution is -2.50. The Labute approximate surface area is 109 Å². The Morgan fingerprint density at radius 1 is 1.53 bits per heavy atom. The maximum absolute atomic E-state index is 13.1. The van der Waals surface area contributed by atoms with Crippen LogP contribution in [0.15, 0.2) is 23.6 Å². The Balaban J connectivity index is 2.25. The number of aromatic nitrogens is 1. The first-order valence-electron chi connectivity index (χ1n) is 6.02. The molecule has 2 heterocycles. The molecule has 1 aliphatic heterocycles. The number of amidine groups is 1. The van der Waals surface area contributed by atoms with Crippen molar-refractivity contribution in [2.45, 2.75) is 25.3 Å². The normalized spacial score (nSPS) is 20.4. The maximum Gasteiger partial charge on any atom is 0.256 e. The van der Waals surface area contributed by atoms with Crippen molar-refractivity contribution in [3.8, 4) is 0 Å². The highest BCUT2D eigenvalue weighted by Gasteiger charge is 2.30. The average Bonchev–Trinajstić information content (AvgIpc) is 2.45. The Hall–Kier alpha value is -2.18. The van der Waals surface area contributed by atoms with Crippen LogP contribution in [0.5, 0.6) is 0 Å². The predicted octanol–water partition coefficient (Wildman–Crippen LogP) is 0.962. The number of carbonyl (C=O) groups is 1. The lowest BCUT2D eigenvalue weighted by atomic mass is 10.0. The lowest BCUT2D eigenvalue weighted by molar-refractivity contribution is 0.0675. The topological polar surface area (TPSA) is 91.8 Å². The van der Waals surface area contributed by atoms with Crippen LogP contribution in [-0.2, 0) is 0 Å². The van der Waals surface area contributed by atoms with Crippen molar-refractivity contribution in [2.75, 3.05) is 6.54 Å². The highest BCUT2D eigenvalue weighted by molar-refractivity contribution is 5.98. The SMILES string of the molecule is N/C(=N/O)C1CCCCN1C(=O)c1cncc(F)c1. The summed E-state index contributed by atoms with van der Waals surface area (Å²) in [6.07, 6.45) is 4.71. The van der Waals surface area contributed by atoms with Gasteiger partial charge in [0.2, 0.25) is 0 Å². The van der Waals surface area contributed by atoms with Gasteiger partial charge in [-0.3, -0.25) is 9.78 Å². The molecule has 1 amide bonds. The van der Waals surface area contributed by atoms with E-state index in [0.717, 1.165) is 25.1 Å². The van der Waals surface area contributed by atoms with Gasteiger partial charge in [-0.1, -0.05) is 5.16 Å². The minimum Gasteiger partial charge on any atom is -0.409 e. The van der Waals surface area contributed by atoms with Crippen LogP contribution in [-0.4, -0.2) is 39.4 Å². The number of rotatable bonds is 2. The van der Waals surface area contributed by atoms with Crippen LogP contribution < -0.4 is 5.73 Å². The molecule has 1 saturated heterocycles. The molecule has 19 heavy (non-hydrogen) atoms. The monoisotopic (exact) mass is 266 g/mol. The summed E-state index contributed by atoms with van der Waals surface area (Å²) in [7, 11) is 0. The van der Waals surface area contributed by atoms with E-state index in [0.29, 0.717) is 13.0 Å². The summed E-state index contributed by atoms with van der Waals surface area (Å²) in [5.74, 6) is -0.927. The van der Waals surface area contributed by atoms with Crippen LogP contribution in [0.1, 0.15) is 29.6 Å². The molecular weight excluding hydrogens is 251 g/mol. The molecule has 0 bridgehead atoms. The van der Waals surface area contributed by atoms with E-state index in [-0.39, 0.29) is 17.3 Å². The van der Waals surface area contributed by atoms with Gasteiger partial charge in [-0.2, -0.15) is 0 Å². The molecule has 0 aliphatic carbocycles. The average molecular weight is 266 g/mol. The second-order valence-corrected chi connectivity index (χ2v) is 4.43. The van der Waals surface area contributed by atoms with Gasteiger partial charge in [0.05, 0.1) is 17.8 Å². The van der Waals surface area contributed by atoms with Gasteiger partial charge in [-0.05, 0) is 25.3 Å². The molecule has 1 aliphatic rings. The second kappa shape index (κ2) is 5.64. The molecule has 0 aromatic carbocycles. The van der Waals surface area contributed by atoms with E-state index in [1.807, 2.05) is 0 Å². The third kappa shape index (κ3) is 2.81. The summed E-state index contributed by atoms with van der Waals surface area (Å²) in [4.78, 5) is 17.5. The van der Waals surface area contributed by atoms with Gasteiger partial charge in [0.25, 0.3) is 5.91 Å². The van der Waals surface area contributed by atoms with Crippen LogP contribution in [0.25, 0.3) is 0 Å². The van der Waals surface area contributed by atoms with Crippen molar-refractivity contribution in [3.63, 3.8) is 0 Å². The van der Waals surface area contributed by atoms with E-state index < -0.39 is 11.9 Å². The number of piperidine rings is 1. The van der Waals surface area contributed by atoms with Gasteiger partial charge >= 0.3 is 0 Å². The number of likely N-dealkylation sites (tertiary alicyclic amines) is 1. The molecule has 3 N–H and O–H groups in total. The summed E-state index contributed by atoms with van der Waals surface area (Å²) in [6, 6.07) is 0.683. The largest absolute Gasteiger partial charge is 0.409 e. The smallest absolute Gasteiger partial charge is 0.256 e. The Kier molecular flexibility index (Phi) is 3.94. The van der Waals surface area contributed by atoms with Crippen molar-refractivity contribution in [1.29, 1.82) is 0 Å². The Morgan fingerprint density at radius 2 is 2.32 bits per heavy atom. The van der Waals surface area contributed by atoms with Crippen LogP contribution in [0.4, 0.5) is 4.39 Å². The number of pyridine rings is 1. The molecule has 0 saturated carbocycles. The molecule has 1 fully saturated rings. The zero-order chi connectivity index (χ0) is 13.8. The van der Waals surface area contributed by atoms with Gasteiger partial charge in [0.15, 0.2) is 5.84 Å². The fourth-order valence-corrected chi connectivity index (χ4v) is 2.24. The Bertz CT molecular complexity index is 506. The van der Waals surface area contributed by atoms with Gasteiger partial charge in [0, 0.05) is 12.7 Å². The first kappa shape index (κ1) is 13.3. The number of amides is 1. The zero-order valence-corrected chi connectivity index (χ0v) is 10.3. The van der Waals surface area contributed by atoms with E-state index in [1.54, 1.807) is 0 Å². The van der Waals surface area contributed by atoms with Crippen molar-refractivity contribution in [2.24, 2.45) is 10.9 Å². The zero-order valence-electron chi connectivity index (χ0n) is 10.3. The molecule has 2 rings (SSSR count). The first-order chi connectivity index (χ1) is 9.13. The number of hydrogen-bond donors (Lipinski definition) is 2. The second-order valence-electron chi connectivity index (χ2n) is 4.43. The third-order valence-electron chi connectivity index (χ3n) is 3.17. The maximum atomic E-state index is 13.1. The summed E-state index contributed by atoms with van der Waals surface area (Å²) in [5, 5.41) is 11.7. The van der Waals surface area contributed by atoms with Crippen LogP contribution in [0.2, 0.25) is 0 Å². The molecule has 1 aromatic heterocycles. The molecule has 0 radical (unpaired) electrons. The number of nitrogens with zero attached hydrogens (tertiary/aromatic N) is 3.